The number of fused-ring (bicyclic) bond motifs is 1. The smallest absolute Gasteiger partial charge is 0.138 e. The van der Waals surface area contributed by atoms with E-state index in [0.29, 0.717) is 0 Å². The van der Waals surface area contributed by atoms with Crippen molar-refractivity contribution in [2.45, 2.75) is 18.7 Å². The van der Waals surface area contributed by atoms with E-state index in [1.807, 2.05) is 11.4 Å². The van der Waals surface area contributed by atoms with Gasteiger partial charge in [-0.3, -0.25) is 0 Å². The Morgan fingerprint density at radius 1 is 1.53 bits per heavy atom. The van der Waals surface area contributed by atoms with Crippen LogP contribution < -0.4 is 5.32 Å². The molecule has 1 unspecified atom stereocenters. The molecule has 2 heterocycles. The second kappa shape index (κ2) is 4.77. The molecule has 2 aromatic rings. The lowest BCUT2D eigenvalue weighted by atomic mass is 10.3. The first-order valence-corrected chi connectivity index (χ1v) is 6.19. The van der Waals surface area contributed by atoms with E-state index in [9.17, 15) is 0 Å². The van der Waals surface area contributed by atoms with Gasteiger partial charge in [-0.15, -0.1) is 22.9 Å². The van der Waals surface area contributed by atoms with Crippen LogP contribution in [0.5, 0.6) is 0 Å². The van der Waals surface area contributed by atoms with E-state index in [-0.39, 0.29) is 5.38 Å². The normalized spacial score (nSPS) is 12.9. The highest BCUT2D eigenvalue weighted by molar-refractivity contribution is 7.16. The SMILES string of the molecule is CCC(Cl)CNc1ncnc2sccc12. The van der Waals surface area contributed by atoms with Crippen molar-refractivity contribution in [3.63, 3.8) is 0 Å². The molecule has 80 valence electrons. The number of nitrogens with one attached hydrogen (secondary N) is 1. The summed E-state index contributed by atoms with van der Waals surface area (Å²) in [7, 11) is 0. The summed E-state index contributed by atoms with van der Waals surface area (Å²) in [6.07, 6.45) is 2.53. The van der Waals surface area contributed by atoms with Crippen molar-refractivity contribution >= 4 is 39.0 Å². The maximum Gasteiger partial charge on any atom is 0.138 e. The molecule has 0 amide bonds. The summed E-state index contributed by atoms with van der Waals surface area (Å²) >= 11 is 7.65. The van der Waals surface area contributed by atoms with Crippen LogP contribution in [0.4, 0.5) is 5.82 Å². The minimum absolute atomic E-state index is 0.147. The summed E-state index contributed by atoms with van der Waals surface area (Å²) in [4.78, 5) is 9.40. The van der Waals surface area contributed by atoms with Crippen LogP contribution in [0, 0.1) is 0 Å². The van der Waals surface area contributed by atoms with Crippen LogP contribution in [0.2, 0.25) is 0 Å². The van der Waals surface area contributed by atoms with Gasteiger partial charge in [0.2, 0.25) is 0 Å². The summed E-state index contributed by atoms with van der Waals surface area (Å²) in [5.41, 5.74) is 0. The first-order chi connectivity index (χ1) is 7.31. The third kappa shape index (κ3) is 2.38. The van der Waals surface area contributed by atoms with Gasteiger partial charge in [0.25, 0.3) is 0 Å². The topological polar surface area (TPSA) is 37.8 Å². The van der Waals surface area contributed by atoms with Crippen molar-refractivity contribution in [1.82, 2.24) is 9.97 Å². The van der Waals surface area contributed by atoms with Gasteiger partial charge >= 0.3 is 0 Å². The zero-order valence-electron chi connectivity index (χ0n) is 8.40. The summed E-state index contributed by atoms with van der Waals surface area (Å²) in [6.45, 7) is 2.81. The number of thiophene rings is 1. The van der Waals surface area contributed by atoms with Crippen LogP contribution in [0.15, 0.2) is 17.8 Å². The largest absolute Gasteiger partial charge is 0.368 e. The van der Waals surface area contributed by atoms with Gasteiger partial charge in [0.1, 0.15) is 17.0 Å². The van der Waals surface area contributed by atoms with E-state index < -0.39 is 0 Å². The van der Waals surface area contributed by atoms with Crippen molar-refractivity contribution in [2.24, 2.45) is 0 Å². The zero-order valence-corrected chi connectivity index (χ0v) is 9.98. The molecule has 0 aliphatic carbocycles. The number of aromatic nitrogens is 2. The van der Waals surface area contributed by atoms with Gasteiger partial charge in [0, 0.05) is 6.54 Å². The number of hydrogen-bond acceptors (Lipinski definition) is 4. The molecule has 0 fully saturated rings. The average Bonchev–Trinajstić information content (AvgIpc) is 2.74. The van der Waals surface area contributed by atoms with Gasteiger partial charge in [0.15, 0.2) is 0 Å². The van der Waals surface area contributed by atoms with Crippen molar-refractivity contribution < 1.29 is 0 Å². The molecule has 1 N–H and O–H groups in total. The van der Waals surface area contributed by atoms with Gasteiger partial charge in [-0.25, -0.2) is 9.97 Å². The number of rotatable bonds is 4. The number of halogens is 1. The molecule has 3 nitrogen and oxygen atoms in total. The molecule has 15 heavy (non-hydrogen) atoms. The predicted octanol–water partition coefficient (Wildman–Crippen LogP) is 3.12. The highest BCUT2D eigenvalue weighted by atomic mass is 35.5. The maximum atomic E-state index is 6.04. The van der Waals surface area contributed by atoms with Gasteiger partial charge in [-0.2, -0.15) is 0 Å². The molecule has 0 aliphatic rings. The minimum Gasteiger partial charge on any atom is -0.368 e. The lowest BCUT2D eigenvalue weighted by molar-refractivity contribution is 0.841. The summed E-state index contributed by atoms with van der Waals surface area (Å²) in [5.74, 6) is 0.875. The van der Waals surface area contributed by atoms with Crippen LogP contribution in [0.3, 0.4) is 0 Å². The Bertz CT molecular complexity index is 443. The van der Waals surface area contributed by atoms with Gasteiger partial charge in [0.05, 0.1) is 10.8 Å². The number of nitrogens with zero attached hydrogens (tertiary/aromatic N) is 2. The first kappa shape index (κ1) is 10.6. The highest BCUT2D eigenvalue weighted by Crippen LogP contribution is 2.23. The molecule has 0 radical (unpaired) electrons. The molecule has 0 saturated heterocycles. The Balaban J connectivity index is 2.17. The Morgan fingerprint density at radius 2 is 2.40 bits per heavy atom. The number of anilines is 1. The van der Waals surface area contributed by atoms with Crippen LogP contribution >= 0.6 is 22.9 Å². The minimum atomic E-state index is 0.147. The lowest BCUT2D eigenvalue weighted by Gasteiger charge is -2.09. The van der Waals surface area contributed by atoms with Crippen LogP contribution in [-0.4, -0.2) is 21.9 Å². The fourth-order valence-corrected chi connectivity index (χ4v) is 2.09. The number of alkyl halides is 1. The summed E-state index contributed by atoms with van der Waals surface area (Å²) in [5, 5.41) is 6.48. The molecular formula is C10H12ClN3S. The summed E-state index contributed by atoms with van der Waals surface area (Å²) < 4.78 is 0. The van der Waals surface area contributed by atoms with E-state index in [1.54, 1.807) is 17.7 Å². The van der Waals surface area contributed by atoms with Crippen molar-refractivity contribution in [3.05, 3.63) is 17.8 Å². The van der Waals surface area contributed by atoms with E-state index in [1.165, 1.54) is 0 Å². The monoisotopic (exact) mass is 241 g/mol. The fraction of sp³-hybridized carbons (Fsp3) is 0.400. The van der Waals surface area contributed by atoms with Crippen molar-refractivity contribution in [3.8, 4) is 0 Å². The van der Waals surface area contributed by atoms with Gasteiger partial charge < -0.3 is 5.32 Å². The summed E-state index contributed by atoms with van der Waals surface area (Å²) in [6, 6.07) is 2.03. The number of hydrogen-bond donors (Lipinski definition) is 1. The van der Waals surface area contributed by atoms with Crippen LogP contribution in [0.1, 0.15) is 13.3 Å². The third-order valence-electron chi connectivity index (χ3n) is 2.20. The van der Waals surface area contributed by atoms with Crippen LogP contribution in [-0.2, 0) is 0 Å². The molecule has 0 aromatic carbocycles. The Kier molecular flexibility index (Phi) is 3.38. The highest BCUT2D eigenvalue weighted by Gasteiger charge is 2.06. The molecule has 0 aliphatic heterocycles. The second-order valence-corrected chi connectivity index (χ2v) is 4.76. The average molecular weight is 242 g/mol. The Labute approximate surface area is 97.5 Å². The van der Waals surface area contributed by atoms with Gasteiger partial charge in [-0.1, -0.05) is 6.92 Å². The molecule has 2 rings (SSSR count). The van der Waals surface area contributed by atoms with E-state index >= 15 is 0 Å². The van der Waals surface area contributed by atoms with Gasteiger partial charge in [-0.05, 0) is 17.9 Å². The molecule has 5 heteroatoms. The molecular weight excluding hydrogens is 230 g/mol. The lowest BCUT2D eigenvalue weighted by Crippen LogP contribution is -2.14. The molecule has 0 spiro atoms. The molecule has 0 bridgehead atoms. The third-order valence-corrected chi connectivity index (χ3v) is 3.48. The standard InChI is InChI=1S/C10H12ClN3S/c1-2-7(11)5-12-9-8-3-4-15-10(8)14-6-13-9/h3-4,6-7H,2,5H2,1H3,(H,12,13,14). The maximum absolute atomic E-state index is 6.04. The van der Waals surface area contributed by atoms with Crippen LogP contribution in [0.25, 0.3) is 10.2 Å². The van der Waals surface area contributed by atoms with E-state index in [0.717, 1.165) is 29.0 Å². The van der Waals surface area contributed by atoms with Crippen molar-refractivity contribution in [2.75, 3.05) is 11.9 Å². The van der Waals surface area contributed by atoms with E-state index in [2.05, 4.69) is 22.2 Å². The molecule has 2 aromatic heterocycles. The Hall–Kier alpha value is -0.870. The van der Waals surface area contributed by atoms with Crippen molar-refractivity contribution in [1.29, 1.82) is 0 Å². The quantitative estimate of drug-likeness (QED) is 0.836. The molecule has 1 atom stereocenters. The fourth-order valence-electron chi connectivity index (χ4n) is 1.28. The molecule has 0 saturated carbocycles. The van der Waals surface area contributed by atoms with E-state index in [4.69, 9.17) is 11.6 Å². The first-order valence-electron chi connectivity index (χ1n) is 4.87. The zero-order chi connectivity index (χ0) is 10.7. The second-order valence-electron chi connectivity index (χ2n) is 3.25. The Morgan fingerprint density at radius 3 is 3.20 bits per heavy atom. The predicted molar refractivity (Wildman–Crippen MR) is 65.8 cm³/mol.